The standard InChI is InChI=1S/C18H23N3/c1-13-10-18(16(11-19-3)12-20-13)21-14(2)8-9-15-6-4-5-7-17(15)21/h4-7,10,12,14,19H,8-9,11H2,1-3H3. The Balaban J connectivity index is 2.13. The van der Waals surface area contributed by atoms with E-state index in [0.717, 1.165) is 12.2 Å². The Morgan fingerprint density at radius 3 is 2.90 bits per heavy atom. The van der Waals surface area contributed by atoms with E-state index in [0.29, 0.717) is 6.04 Å². The summed E-state index contributed by atoms with van der Waals surface area (Å²) >= 11 is 0. The molecule has 1 atom stereocenters. The number of benzene rings is 1. The lowest BCUT2D eigenvalue weighted by molar-refractivity contribution is 0.614. The molecule has 1 aromatic carbocycles. The number of aryl methyl sites for hydroxylation is 2. The molecule has 0 saturated carbocycles. The first kappa shape index (κ1) is 14.1. The lowest BCUT2D eigenvalue weighted by atomic mass is 9.95. The van der Waals surface area contributed by atoms with Gasteiger partial charge in [0.05, 0.1) is 0 Å². The van der Waals surface area contributed by atoms with Crippen LogP contribution in [0, 0.1) is 6.92 Å². The zero-order valence-electron chi connectivity index (χ0n) is 13.1. The van der Waals surface area contributed by atoms with Gasteiger partial charge >= 0.3 is 0 Å². The average Bonchev–Trinajstić information content (AvgIpc) is 2.49. The summed E-state index contributed by atoms with van der Waals surface area (Å²) in [6.45, 7) is 5.22. The molecular weight excluding hydrogens is 258 g/mol. The highest BCUT2D eigenvalue weighted by molar-refractivity contribution is 5.71. The summed E-state index contributed by atoms with van der Waals surface area (Å²) in [5.41, 5.74) is 6.41. The van der Waals surface area contributed by atoms with E-state index in [-0.39, 0.29) is 0 Å². The smallest absolute Gasteiger partial charge is 0.0492 e. The number of nitrogens with zero attached hydrogens (tertiary/aromatic N) is 2. The topological polar surface area (TPSA) is 28.2 Å². The maximum Gasteiger partial charge on any atom is 0.0492 e. The summed E-state index contributed by atoms with van der Waals surface area (Å²) in [7, 11) is 1.98. The minimum absolute atomic E-state index is 0.511. The Kier molecular flexibility index (Phi) is 3.93. The van der Waals surface area contributed by atoms with Crippen molar-refractivity contribution in [1.82, 2.24) is 10.3 Å². The number of para-hydroxylation sites is 1. The highest BCUT2D eigenvalue weighted by Gasteiger charge is 2.25. The van der Waals surface area contributed by atoms with Gasteiger partial charge in [0.15, 0.2) is 0 Å². The molecule has 3 nitrogen and oxygen atoms in total. The first-order valence-electron chi connectivity index (χ1n) is 7.68. The van der Waals surface area contributed by atoms with Crippen LogP contribution in [0.4, 0.5) is 11.4 Å². The fraction of sp³-hybridized carbons (Fsp3) is 0.389. The number of pyridine rings is 1. The molecule has 0 saturated heterocycles. The fourth-order valence-corrected chi connectivity index (χ4v) is 3.18. The third kappa shape index (κ3) is 2.66. The summed E-state index contributed by atoms with van der Waals surface area (Å²) in [4.78, 5) is 6.95. The average molecular weight is 281 g/mol. The van der Waals surface area contributed by atoms with Crippen LogP contribution >= 0.6 is 0 Å². The molecule has 1 aromatic heterocycles. The predicted molar refractivity (Wildman–Crippen MR) is 88.1 cm³/mol. The number of nitrogens with one attached hydrogen (secondary N) is 1. The number of rotatable bonds is 3. The number of fused-ring (bicyclic) bond motifs is 1. The summed E-state index contributed by atoms with van der Waals surface area (Å²) in [5, 5.41) is 3.26. The van der Waals surface area contributed by atoms with Crippen LogP contribution in [0.15, 0.2) is 36.5 Å². The Labute approximate surface area is 127 Å². The van der Waals surface area contributed by atoms with Crippen molar-refractivity contribution in [1.29, 1.82) is 0 Å². The largest absolute Gasteiger partial charge is 0.338 e. The number of anilines is 2. The van der Waals surface area contributed by atoms with E-state index in [9.17, 15) is 0 Å². The Bertz CT molecular complexity index is 636. The normalized spacial score (nSPS) is 17.7. The molecule has 0 bridgehead atoms. The number of hydrogen-bond donors (Lipinski definition) is 1. The van der Waals surface area contributed by atoms with Crippen molar-refractivity contribution in [3.63, 3.8) is 0 Å². The van der Waals surface area contributed by atoms with Gasteiger partial charge in [0.2, 0.25) is 0 Å². The molecule has 0 fully saturated rings. The second-order valence-electron chi connectivity index (χ2n) is 5.87. The monoisotopic (exact) mass is 281 g/mol. The maximum atomic E-state index is 4.47. The highest BCUT2D eigenvalue weighted by atomic mass is 15.2. The van der Waals surface area contributed by atoms with Crippen LogP contribution in [0.25, 0.3) is 0 Å². The van der Waals surface area contributed by atoms with E-state index in [4.69, 9.17) is 0 Å². The van der Waals surface area contributed by atoms with Gasteiger partial charge in [0.25, 0.3) is 0 Å². The van der Waals surface area contributed by atoms with E-state index in [1.807, 2.05) is 13.2 Å². The zero-order valence-corrected chi connectivity index (χ0v) is 13.1. The van der Waals surface area contributed by atoms with Gasteiger partial charge in [-0.15, -0.1) is 0 Å². The molecule has 0 radical (unpaired) electrons. The number of aromatic nitrogens is 1. The van der Waals surface area contributed by atoms with Gasteiger partial charge in [0.1, 0.15) is 0 Å². The van der Waals surface area contributed by atoms with Gasteiger partial charge in [-0.05, 0) is 51.4 Å². The van der Waals surface area contributed by atoms with Gasteiger partial charge in [-0.1, -0.05) is 18.2 Å². The quantitative estimate of drug-likeness (QED) is 0.932. The molecule has 2 aromatic rings. The number of hydrogen-bond acceptors (Lipinski definition) is 3. The molecule has 1 aliphatic rings. The van der Waals surface area contributed by atoms with E-state index >= 15 is 0 Å². The van der Waals surface area contributed by atoms with Crippen molar-refractivity contribution in [3.05, 3.63) is 53.3 Å². The van der Waals surface area contributed by atoms with E-state index < -0.39 is 0 Å². The second kappa shape index (κ2) is 5.86. The van der Waals surface area contributed by atoms with Gasteiger partial charge in [-0.2, -0.15) is 0 Å². The molecule has 1 aliphatic heterocycles. The minimum atomic E-state index is 0.511. The first-order valence-corrected chi connectivity index (χ1v) is 7.68. The summed E-state index contributed by atoms with van der Waals surface area (Å²) in [6, 6.07) is 11.5. The van der Waals surface area contributed by atoms with Crippen LogP contribution in [0.3, 0.4) is 0 Å². The van der Waals surface area contributed by atoms with Gasteiger partial charge < -0.3 is 10.2 Å². The summed E-state index contributed by atoms with van der Waals surface area (Å²) in [6.07, 6.45) is 4.36. The van der Waals surface area contributed by atoms with Crippen LogP contribution in [-0.2, 0) is 13.0 Å². The van der Waals surface area contributed by atoms with Crippen molar-refractivity contribution >= 4 is 11.4 Å². The Morgan fingerprint density at radius 1 is 1.29 bits per heavy atom. The van der Waals surface area contributed by atoms with Crippen molar-refractivity contribution in [2.45, 2.75) is 39.3 Å². The van der Waals surface area contributed by atoms with Crippen LogP contribution in [0.2, 0.25) is 0 Å². The molecule has 0 spiro atoms. The highest BCUT2D eigenvalue weighted by Crippen LogP contribution is 2.38. The molecule has 3 heteroatoms. The molecule has 0 aliphatic carbocycles. The second-order valence-corrected chi connectivity index (χ2v) is 5.87. The van der Waals surface area contributed by atoms with Gasteiger partial charge in [-0.3, -0.25) is 4.98 Å². The third-order valence-corrected chi connectivity index (χ3v) is 4.25. The lowest BCUT2D eigenvalue weighted by Crippen LogP contribution is -2.34. The van der Waals surface area contributed by atoms with Crippen molar-refractivity contribution in [3.8, 4) is 0 Å². The van der Waals surface area contributed by atoms with Gasteiger partial charge in [0, 0.05) is 41.4 Å². The van der Waals surface area contributed by atoms with E-state index in [2.05, 4.69) is 59.4 Å². The van der Waals surface area contributed by atoms with Gasteiger partial charge in [-0.25, -0.2) is 0 Å². The van der Waals surface area contributed by atoms with Crippen molar-refractivity contribution in [2.75, 3.05) is 11.9 Å². The maximum absolute atomic E-state index is 4.47. The van der Waals surface area contributed by atoms with Crippen LogP contribution in [0.1, 0.15) is 30.2 Å². The van der Waals surface area contributed by atoms with Crippen LogP contribution in [-0.4, -0.2) is 18.1 Å². The fourth-order valence-electron chi connectivity index (χ4n) is 3.18. The van der Waals surface area contributed by atoms with Crippen LogP contribution in [0.5, 0.6) is 0 Å². The summed E-state index contributed by atoms with van der Waals surface area (Å²) < 4.78 is 0. The third-order valence-electron chi connectivity index (χ3n) is 4.25. The molecule has 1 N–H and O–H groups in total. The van der Waals surface area contributed by atoms with E-state index in [1.165, 1.54) is 35.3 Å². The molecule has 1 unspecified atom stereocenters. The molecular formula is C18H23N3. The predicted octanol–water partition coefficient (Wildman–Crippen LogP) is 3.58. The van der Waals surface area contributed by atoms with Crippen LogP contribution < -0.4 is 10.2 Å². The van der Waals surface area contributed by atoms with E-state index in [1.54, 1.807) is 0 Å². The SMILES string of the molecule is CNCc1cnc(C)cc1N1c2ccccc2CCC1C. The van der Waals surface area contributed by atoms with Crippen molar-refractivity contribution < 1.29 is 0 Å². The lowest BCUT2D eigenvalue weighted by Gasteiger charge is -2.38. The molecule has 3 rings (SSSR count). The van der Waals surface area contributed by atoms with Crippen molar-refractivity contribution in [2.24, 2.45) is 0 Å². The summed E-state index contributed by atoms with van der Waals surface area (Å²) in [5.74, 6) is 0. The molecule has 110 valence electrons. The first-order chi connectivity index (χ1) is 10.2. The molecule has 0 amide bonds. The molecule has 2 heterocycles. The Hall–Kier alpha value is -1.87. The zero-order chi connectivity index (χ0) is 14.8. The minimum Gasteiger partial charge on any atom is -0.338 e. The Morgan fingerprint density at radius 2 is 2.10 bits per heavy atom. The molecule has 21 heavy (non-hydrogen) atoms.